The third-order valence-corrected chi connectivity index (χ3v) is 3.97. The first-order valence-corrected chi connectivity index (χ1v) is 7.89. The second-order valence-electron chi connectivity index (χ2n) is 5.67. The number of carbonyl (C=O) groups is 1. The van der Waals surface area contributed by atoms with E-state index in [-0.39, 0.29) is 6.04 Å². The number of rotatable bonds is 8. The van der Waals surface area contributed by atoms with E-state index < -0.39 is 5.97 Å². The van der Waals surface area contributed by atoms with Crippen molar-refractivity contribution >= 4 is 5.97 Å². The third kappa shape index (κ3) is 4.74. The molecule has 1 saturated heterocycles. The number of carboxylic acid groups (broad SMARTS) is 1. The minimum Gasteiger partial charge on any atom is -0.494 e. The minimum absolute atomic E-state index is 0.324. The van der Waals surface area contributed by atoms with Gasteiger partial charge in [-0.25, -0.2) is 0 Å². The lowest BCUT2D eigenvalue weighted by Gasteiger charge is -2.21. The van der Waals surface area contributed by atoms with Gasteiger partial charge in [0.05, 0.1) is 6.61 Å². The van der Waals surface area contributed by atoms with Crippen LogP contribution < -0.4 is 4.74 Å². The van der Waals surface area contributed by atoms with E-state index in [1.807, 2.05) is 29.2 Å². The van der Waals surface area contributed by atoms with Crippen molar-refractivity contribution in [1.82, 2.24) is 4.90 Å². The smallest absolute Gasteiger partial charge is 0.320 e. The molecule has 1 atom stereocenters. The van der Waals surface area contributed by atoms with Crippen LogP contribution in [0.5, 0.6) is 5.75 Å². The van der Waals surface area contributed by atoms with Gasteiger partial charge in [-0.1, -0.05) is 31.9 Å². The molecule has 1 aliphatic rings. The van der Waals surface area contributed by atoms with Gasteiger partial charge >= 0.3 is 5.97 Å². The van der Waals surface area contributed by atoms with Crippen LogP contribution in [0, 0.1) is 0 Å². The Morgan fingerprint density at radius 2 is 2.10 bits per heavy atom. The number of likely N-dealkylation sites (tertiary alicyclic amines) is 1. The zero-order valence-electron chi connectivity index (χ0n) is 12.8. The van der Waals surface area contributed by atoms with Gasteiger partial charge in [0.2, 0.25) is 0 Å². The largest absolute Gasteiger partial charge is 0.494 e. The Bertz CT molecular complexity index is 444. The van der Waals surface area contributed by atoms with Gasteiger partial charge in [-0.3, -0.25) is 9.69 Å². The van der Waals surface area contributed by atoms with Crippen molar-refractivity contribution < 1.29 is 14.6 Å². The maximum atomic E-state index is 11.2. The summed E-state index contributed by atoms with van der Waals surface area (Å²) < 4.78 is 5.68. The summed E-state index contributed by atoms with van der Waals surface area (Å²) in [7, 11) is 0. The summed E-state index contributed by atoms with van der Waals surface area (Å²) in [4.78, 5) is 13.2. The molecule has 0 saturated carbocycles. The van der Waals surface area contributed by atoms with Crippen LogP contribution in [0.3, 0.4) is 0 Å². The molecule has 1 fully saturated rings. The summed E-state index contributed by atoms with van der Waals surface area (Å²) in [5, 5.41) is 9.18. The zero-order valence-corrected chi connectivity index (χ0v) is 12.8. The van der Waals surface area contributed by atoms with Crippen LogP contribution in [0.15, 0.2) is 24.3 Å². The van der Waals surface area contributed by atoms with Gasteiger partial charge in [0.15, 0.2) is 0 Å². The SMILES string of the molecule is CCCCCOc1ccc(CN2CCCC2C(=O)O)cc1. The minimum atomic E-state index is -0.705. The van der Waals surface area contributed by atoms with Crippen molar-refractivity contribution in [2.75, 3.05) is 13.2 Å². The van der Waals surface area contributed by atoms with Crippen LogP contribution in [-0.4, -0.2) is 35.2 Å². The van der Waals surface area contributed by atoms with Gasteiger partial charge in [0.25, 0.3) is 0 Å². The Labute approximate surface area is 126 Å². The molecule has 2 rings (SSSR count). The number of carboxylic acids is 1. The van der Waals surface area contributed by atoms with E-state index in [0.29, 0.717) is 6.54 Å². The molecule has 1 aromatic carbocycles. The molecule has 0 amide bonds. The molecular formula is C17H25NO3. The highest BCUT2D eigenvalue weighted by atomic mass is 16.5. The predicted molar refractivity (Wildman–Crippen MR) is 82.5 cm³/mol. The molecule has 1 unspecified atom stereocenters. The highest BCUT2D eigenvalue weighted by Gasteiger charge is 2.30. The Hall–Kier alpha value is -1.55. The third-order valence-electron chi connectivity index (χ3n) is 3.97. The predicted octanol–water partition coefficient (Wildman–Crippen LogP) is 3.30. The van der Waals surface area contributed by atoms with Crippen LogP contribution >= 0.6 is 0 Å². The number of ether oxygens (including phenoxy) is 1. The van der Waals surface area contributed by atoms with E-state index in [1.165, 1.54) is 12.8 Å². The molecule has 0 radical (unpaired) electrons. The van der Waals surface area contributed by atoms with Gasteiger partial charge in [-0.15, -0.1) is 0 Å². The number of aliphatic carboxylic acids is 1. The van der Waals surface area contributed by atoms with Crippen molar-refractivity contribution in [1.29, 1.82) is 0 Å². The summed E-state index contributed by atoms with van der Waals surface area (Å²) in [5.74, 6) is 0.189. The van der Waals surface area contributed by atoms with Crippen molar-refractivity contribution in [2.24, 2.45) is 0 Å². The van der Waals surface area contributed by atoms with Crippen molar-refractivity contribution in [2.45, 2.75) is 51.6 Å². The molecule has 0 aliphatic carbocycles. The lowest BCUT2D eigenvalue weighted by Crippen LogP contribution is -2.35. The number of benzene rings is 1. The lowest BCUT2D eigenvalue weighted by atomic mass is 10.2. The van der Waals surface area contributed by atoms with Crippen LogP contribution in [-0.2, 0) is 11.3 Å². The fourth-order valence-corrected chi connectivity index (χ4v) is 2.76. The van der Waals surface area contributed by atoms with E-state index in [1.54, 1.807) is 0 Å². The standard InChI is InChI=1S/C17H25NO3/c1-2-3-4-12-21-15-9-7-14(8-10-15)13-18-11-5-6-16(18)17(19)20/h7-10,16H,2-6,11-13H2,1H3,(H,19,20). The summed E-state index contributed by atoms with van der Waals surface area (Å²) >= 11 is 0. The maximum Gasteiger partial charge on any atom is 0.320 e. The van der Waals surface area contributed by atoms with Gasteiger partial charge in [0, 0.05) is 6.54 Å². The molecule has 116 valence electrons. The maximum absolute atomic E-state index is 11.2. The Morgan fingerprint density at radius 3 is 2.76 bits per heavy atom. The Morgan fingerprint density at radius 1 is 1.33 bits per heavy atom. The van der Waals surface area contributed by atoms with Gasteiger partial charge in [0.1, 0.15) is 11.8 Å². The first kappa shape index (κ1) is 15.8. The molecule has 4 heteroatoms. The molecule has 21 heavy (non-hydrogen) atoms. The fraction of sp³-hybridized carbons (Fsp3) is 0.588. The molecule has 1 heterocycles. The van der Waals surface area contributed by atoms with Crippen LogP contribution in [0.2, 0.25) is 0 Å². The number of hydrogen-bond acceptors (Lipinski definition) is 3. The van der Waals surface area contributed by atoms with E-state index in [0.717, 1.165) is 43.7 Å². The Kier molecular flexibility index (Phi) is 6.05. The van der Waals surface area contributed by atoms with Gasteiger partial charge < -0.3 is 9.84 Å². The number of nitrogens with zero attached hydrogens (tertiary/aromatic N) is 1. The van der Waals surface area contributed by atoms with Crippen LogP contribution in [0.4, 0.5) is 0 Å². The van der Waals surface area contributed by atoms with E-state index >= 15 is 0 Å². The quantitative estimate of drug-likeness (QED) is 0.747. The summed E-state index contributed by atoms with van der Waals surface area (Å²) in [6.45, 7) is 4.51. The molecule has 0 spiro atoms. The first-order valence-electron chi connectivity index (χ1n) is 7.89. The fourth-order valence-electron chi connectivity index (χ4n) is 2.76. The van der Waals surface area contributed by atoms with E-state index in [2.05, 4.69) is 6.92 Å². The van der Waals surface area contributed by atoms with E-state index in [4.69, 9.17) is 4.74 Å². The molecule has 1 aromatic rings. The molecule has 1 aliphatic heterocycles. The van der Waals surface area contributed by atoms with Crippen molar-refractivity contribution in [3.63, 3.8) is 0 Å². The zero-order chi connectivity index (χ0) is 15.1. The molecule has 1 N–H and O–H groups in total. The van der Waals surface area contributed by atoms with Crippen LogP contribution in [0.1, 0.15) is 44.6 Å². The van der Waals surface area contributed by atoms with Crippen LogP contribution in [0.25, 0.3) is 0 Å². The number of unbranched alkanes of at least 4 members (excludes halogenated alkanes) is 2. The molecule has 0 bridgehead atoms. The second-order valence-corrected chi connectivity index (χ2v) is 5.67. The van der Waals surface area contributed by atoms with Gasteiger partial charge in [-0.2, -0.15) is 0 Å². The van der Waals surface area contributed by atoms with E-state index in [9.17, 15) is 9.90 Å². The van der Waals surface area contributed by atoms with Gasteiger partial charge in [-0.05, 0) is 43.5 Å². The second kappa shape index (κ2) is 8.03. The monoisotopic (exact) mass is 291 g/mol. The van der Waals surface area contributed by atoms with Crippen molar-refractivity contribution in [3.8, 4) is 5.75 Å². The van der Waals surface area contributed by atoms with Crippen molar-refractivity contribution in [3.05, 3.63) is 29.8 Å². The highest BCUT2D eigenvalue weighted by molar-refractivity contribution is 5.73. The highest BCUT2D eigenvalue weighted by Crippen LogP contribution is 2.21. The summed E-state index contributed by atoms with van der Waals surface area (Å²) in [5.41, 5.74) is 1.14. The molecular weight excluding hydrogens is 266 g/mol. The Balaban J connectivity index is 1.83. The average Bonchev–Trinajstić information content (AvgIpc) is 2.94. The number of hydrogen-bond donors (Lipinski definition) is 1. The normalized spacial score (nSPS) is 18.8. The summed E-state index contributed by atoms with van der Waals surface area (Å²) in [6.07, 6.45) is 5.21. The molecule has 4 nitrogen and oxygen atoms in total. The average molecular weight is 291 g/mol. The topological polar surface area (TPSA) is 49.8 Å². The first-order chi connectivity index (χ1) is 10.2. The lowest BCUT2D eigenvalue weighted by molar-refractivity contribution is -0.142. The summed E-state index contributed by atoms with van der Waals surface area (Å²) in [6, 6.07) is 7.70. The molecule has 0 aromatic heterocycles.